The van der Waals surface area contributed by atoms with E-state index >= 15 is 0 Å². The SMILES string of the molecule is CC1CC(C)N(C(CN)CC2CCCCC2)C1. The van der Waals surface area contributed by atoms with Crippen molar-refractivity contribution in [1.29, 1.82) is 0 Å². The quantitative estimate of drug-likeness (QED) is 0.816. The van der Waals surface area contributed by atoms with Gasteiger partial charge in [0.05, 0.1) is 0 Å². The van der Waals surface area contributed by atoms with Gasteiger partial charge in [-0.1, -0.05) is 39.0 Å². The normalized spacial score (nSPS) is 34.1. The Hall–Kier alpha value is -0.0800. The van der Waals surface area contributed by atoms with Crippen LogP contribution >= 0.6 is 0 Å². The van der Waals surface area contributed by atoms with Gasteiger partial charge in [0.15, 0.2) is 0 Å². The molecule has 2 aliphatic rings. The van der Waals surface area contributed by atoms with Gasteiger partial charge in [0.1, 0.15) is 0 Å². The van der Waals surface area contributed by atoms with E-state index in [-0.39, 0.29) is 0 Å². The molecule has 0 bridgehead atoms. The number of rotatable bonds is 4. The first-order valence-corrected chi connectivity index (χ1v) is 7.66. The summed E-state index contributed by atoms with van der Waals surface area (Å²) < 4.78 is 0. The Morgan fingerprint density at radius 3 is 2.41 bits per heavy atom. The van der Waals surface area contributed by atoms with E-state index in [0.29, 0.717) is 6.04 Å². The van der Waals surface area contributed by atoms with Gasteiger partial charge in [-0.25, -0.2) is 0 Å². The first kappa shape index (κ1) is 13.4. The van der Waals surface area contributed by atoms with Crippen LogP contribution in [-0.2, 0) is 0 Å². The second-order valence-electron chi connectivity index (χ2n) is 6.52. The van der Waals surface area contributed by atoms with Gasteiger partial charge in [-0.05, 0) is 31.6 Å². The maximum absolute atomic E-state index is 6.04. The number of nitrogens with zero attached hydrogens (tertiary/aromatic N) is 1. The van der Waals surface area contributed by atoms with Gasteiger partial charge in [0.25, 0.3) is 0 Å². The smallest absolute Gasteiger partial charge is 0.0223 e. The fourth-order valence-corrected chi connectivity index (χ4v) is 4.02. The molecule has 2 heteroatoms. The van der Waals surface area contributed by atoms with Crippen LogP contribution in [0, 0.1) is 11.8 Å². The molecule has 2 fully saturated rings. The first-order chi connectivity index (χ1) is 8.20. The zero-order valence-corrected chi connectivity index (χ0v) is 11.7. The van der Waals surface area contributed by atoms with Crippen LogP contribution in [0.4, 0.5) is 0 Å². The number of nitrogens with two attached hydrogens (primary N) is 1. The molecule has 0 aromatic heterocycles. The van der Waals surface area contributed by atoms with E-state index in [2.05, 4.69) is 18.7 Å². The highest BCUT2D eigenvalue weighted by Crippen LogP contribution is 2.31. The average molecular weight is 238 g/mol. The summed E-state index contributed by atoms with van der Waals surface area (Å²) in [5.41, 5.74) is 6.04. The topological polar surface area (TPSA) is 29.3 Å². The molecule has 2 N–H and O–H groups in total. The van der Waals surface area contributed by atoms with E-state index in [1.54, 1.807) is 0 Å². The molecule has 2 rings (SSSR count). The molecule has 0 radical (unpaired) electrons. The summed E-state index contributed by atoms with van der Waals surface area (Å²) in [4.78, 5) is 2.69. The van der Waals surface area contributed by atoms with E-state index < -0.39 is 0 Å². The van der Waals surface area contributed by atoms with Crippen molar-refractivity contribution < 1.29 is 0 Å². The Kier molecular flexibility index (Phi) is 4.87. The third kappa shape index (κ3) is 3.45. The minimum absolute atomic E-state index is 0.651. The predicted molar refractivity (Wildman–Crippen MR) is 74.0 cm³/mol. The summed E-state index contributed by atoms with van der Waals surface area (Å²) in [5, 5.41) is 0. The molecule has 1 saturated carbocycles. The third-order valence-corrected chi connectivity index (χ3v) is 4.90. The van der Waals surface area contributed by atoms with Crippen molar-refractivity contribution in [3.05, 3.63) is 0 Å². The number of likely N-dealkylation sites (tertiary alicyclic amines) is 1. The van der Waals surface area contributed by atoms with E-state index in [4.69, 9.17) is 5.73 Å². The molecule has 3 unspecified atom stereocenters. The lowest BCUT2D eigenvalue weighted by Gasteiger charge is -2.34. The lowest BCUT2D eigenvalue weighted by Crippen LogP contribution is -2.44. The lowest BCUT2D eigenvalue weighted by molar-refractivity contribution is 0.152. The third-order valence-electron chi connectivity index (χ3n) is 4.90. The van der Waals surface area contributed by atoms with Crippen molar-refractivity contribution in [2.75, 3.05) is 13.1 Å². The molecule has 2 nitrogen and oxygen atoms in total. The van der Waals surface area contributed by atoms with Gasteiger partial charge in [-0.3, -0.25) is 4.90 Å². The Bertz CT molecular complexity index is 223. The highest BCUT2D eigenvalue weighted by Gasteiger charge is 2.32. The van der Waals surface area contributed by atoms with E-state index in [9.17, 15) is 0 Å². The molecular formula is C15H30N2. The van der Waals surface area contributed by atoms with Gasteiger partial charge in [-0.2, -0.15) is 0 Å². The van der Waals surface area contributed by atoms with Crippen LogP contribution in [0.2, 0.25) is 0 Å². The standard InChI is InChI=1S/C15H30N2/c1-12-8-13(2)17(11-12)15(10-16)9-14-6-4-3-5-7-14/h12-15H,3-11,16H2,1-2H3. The van der Waals surface area contributed by atoms with Crippen molar-refractivity contribution in [2.24, 2.45) is 17.6 Å². The van der Waals surface area contributed by atoms with Crippen molar-refractivity contribution in [1.82, 2.24) is 4.90 Å². The Morgan fingerprint density at radius 2 is 1.88 bits per heavy atom. The van der Waals surface area contributed by atoms with E-state index in [0.717, 1.165) is 24.4 Å². The molecule has 1 aliphatic heterocycles. The van der Waals surface area contributed by atoms with Crippen molar-refractivity contribution in [2.45, 2.75) is 70.9 Å². The Labute approximate surface area is 107 Å². The fraction of sp³-hybridized carbons (Fsp3) is 1.00. The minimum Gasteiger partial charge on any atom is -0.329 e. The number of hydrogen-bond donors (Lipinski definition) is 1. The molecule has 0 spiro atoms. The van der Waals surface area contributed by atoms with Crippen molar-refractivity contribution >= 4 is 0 Å². The number of hydrogen-bond acceptors (Lipinski definition) is 2. The Morgan fingerprint density at radius 1 is 1.18 bits per heavy atom. The summed E-state index contributed by atoms with van der Waals surface area (Å²) in [6, 6.07) is 1.40. The summed E-state index contributed by atoms with van der Waals surface area (Å²) in [6.07, 6.45) is 9.99. The van der Waals surface area contributed by atoms with Gasteiger partial charge >= 0.3 is 0 Å². The molecule has 3 atom stereocenters. The van der Waals surface area contributed by atoms with Crippen LogP contribution in [0.3, 0.4) is 0 Å². The molecule has 1 heterocycles. The molecule has 0 aromatic rings. The summed E-state index contributed by atoms with van der Waals surface area (Å²) in [5.74, 6) is 1.82. The fourth-order valence-electron chi connectivity index (χ4n) is 4.02. The van der Waals surface area contributed by atoms with Crippen molar-refractivity contribution in [3.63, 3.8) is 0 Å². The second-order valence-corrected chi connectivity index (χ2v) is 6.52. The van der Waals surface area contributed by atoms with Crippen LogP contribution in [0.25, 0.3) is 0 Å². The molecule has 1 saturated heterocycles. The van der Waals surface area contributed by atoms with Gasteiger partial charge in [0, 0.05) is 25.2 Å². The van der Waals surface area contributed by atoms with Crippen LogP contribution in [0.1, 0.15) is 58.8 Å². The predicted octanol–water partition coefficient (Wildman–Crippen LogP) is 3.01. The molecule has 1 aliphatic carbocycles. The summed E-state index contributed by atoms with van der Waals surface area (Å²) >= 11 is 0. The van der Waals surface area contributed by atoms with Gasteiger partial charge in [0.2, 0.25) is 0 Å². The van der Waals surface area contributed by atoms with E-state index in [1.807, 2.05) is 0 Å². The maximum atomic E-state index is 6.04. The first-order valence-electron chi connectivity index (χ1n) is 7.66. The van der Waals surface area contributed by atoms with Crippen molar-refractivity contribution in [3.8, 4) is 0 Å². The zero-order valence-electron chi connectivity index (χ0n) is 11.7. The molecule has 17 heavy (non-hydrogen) atoms. The average Bonchev–Trinajstić information content (AvgIpc) is 2.67. The Balaban J connectivity index is 1.87. The van der Waals surface area contributed by atoms with E-state index in [1.165, 1.54) is 51.5 Å². The van der Waals surface area contributed by atoms with Gasteiger partial charge < -0.3 is 5.73 Å². The second kappa shape index (κ2) is 6.19. The largest absolute Gasteiger partial charge is 0.329 e. The summed E-state index contributed by atoms with van der Waals surface area (Å²) in [6.45, 7) is 6.89. The highest BCUT2D eigenvalue weighted by molar-refractivity contribution is 4.87. The minimum atomic E-state index is 0.651. The highest BCUT2D eigenvalue weighted by atomic mass is 15.2. The summed E-state index contributed by atoms with van der Waals surface area (Å²) in [7, 11) is 0. The van der Waals surface area contributed by atoms with Gasteiger partial charge in [-0.15, -0.1) is 0 Å². The lowest BCUT2D eigenvalue weighted by atomic mass is 9.84. The van der Waals surface area contributed by atoms with Crippen LogP contribution in [0.5, 0.6) is 0 Å². The van der Waals surface area contributed by atoms with Crippen LogP contribution in [0.15, 0.2) is 0 Å². The molecule has 100 valence electrons. The zero-order chi connectivity index (χ0) is 12.3. The molecule has 0 aromatic carbocycles. The monoisotopic (exact) mass is 238 g/mol. The van der Waals surface area contributed by atoms with Crippen LogP contribution < -0.4 is 5.73 Å². The molecule has 0 amide bonds. The molecular weight excluding hydrogens is 208 g/mol. The maximum Gasteiger partial charge on any atom is 0.0223 e. The van der Waals surface area contributed by atoms with Crippen LogP contribution in [-0.4, -0.2) is 30.1 Å².